The summed E-state index contributed by atoms with van der Waals surface area (Å²) in [5.41, 5.74) is -1.66. The van der Waals surface area contributed by atoms with Gasteiger partial charge in [-0.1, -0.05) is 0 Å². The number of phenols is 1. The summed E-state index contributed by atoms with van der Waals surface area (Å²) >= 11 is 2.81. The Bertz CT molecular complexity index is 374. The van der Waals surface area contributed by atoms with Gasteiger partial charge in [-0.2, -0.15) is 13.2 Å². The molecule has 1 rings (SSSR count). The molecule has 0 aliphatic rings. The molecule has 76 valence electrons. The van der Waals surface area contributed by atoms with E-state index in [2.05, 4.69) is 15.9 Å². The molecule has 1 aromatic carbocycles. The van der Waals surface area contributed by atoms with Crippen LogP contribution in [0.4, 0.5) is 13.2 Å². The third-order valence-corrected chi connectivity index (χ3v) is 2.19. The largest absolute Gasteiger partial charge is 0.507 e. The minimum absolute atomic E-state index is 0.0487. The van der Waals surface area contributed by atoms with Gasteiger partial charge in [-0.15, -0.1) is 0 Å². The second-order valence-electron chi connectivity index (χ2n) is 2.51. The van der Waals surface area contributed by atoms with E-state index >= 15 is 0 Å². The van der Waals surface area contributed by atoms with Gasteiger partial charge < -0.3 is 5.11 Å². The summed E-state index contributed by atoms with van der Waals surface area (Å²) in [6.07, 6.45) is -4.55. The maximum absolute atomic E-state index is 12.3. The monoisotopic (exact) mass is 268 g/mol. The number of halogens is 4. The van der Waals surface area contributed by atoms with Crippen LogP contribution in [0.5, 0.6) is 5.75 Å². The van der Waals surface area contributed by atoms with Crippen LogP contribution < -0.4 is 0 Å². The van der Waals surface area contributed by atoms with Gasteiger partial charge in [-0.05, 0) is 28.1 Å². The molecular formula is C8H4BrF3O2. The van der Waals surface area contributed by atoms with Crippen LogP contribution in [0.25, 0.3) is 0 Å². The van der Waals surface area contributed by atoms with Gasteiger partial charge in [0.25, 0.3) is 0 Å². The van der Waals surface area contributed by atoms with E-state index in [9.17, 15) is 18.0 Å². The van der Waals surface area contributed by atoms with Gasteiger partial charge in [0.1, 0.15) is 5.75 Å². The van der Waals surface area contributed by atoms with E-state index in [1.165, 1.54) is 0 Å². The summed E-state index contributed by atoms with van der Waals surface area (Å²) in [6.45, 7) is 0. The Morgan fingerprint density at radius 3 is 2.36 bits per heavy atom. The number of benzene rings is 1. The van der Waals surface area contributed by atoms with Gasteiger partial charge in [-0.25, -0.2) is 0 Å². The molecule has 0 fully saturated rings. The molecule has 0 atom stereocenters. The van der Waals surface area contributed by atoms with Crippen molar-refractivity contribution in [2.75, 3.05) is 0 Å². The van der Waals surface area contributed by atoms with E-state index in [0.717, 1.165) is 6.07 Å². The van der Waals surface area contributed by atoms with Gasteiger partial charge in [0, 0.05) is 5.56 Å². The van der Waals surface area contributed by atoms with E-state index in [1.54, 1.807) is 0 Å². The van der Waals surface area contributed by atoms with Gasteiger partial charge in [0.05, 0.1) is 10.0 Å². The number of aldehydes is 1. The molecule has 0 spiro atoms. The van der Waals surface area contributed by atoms with Crippen molar-refractivity contribution in [3.05, 3.63) is 27.7 Å². The number of carbonyl (C=O) groups is 1. The van der Waals surface area contributed by atoms with Crippen LogP contribution >= 0.6 is 15.9 Å². The number of aromatic hydroxyl groups is 1. The molecule has 0 unspecified atom stereocenters. The summed E-state index contributed by atoms with van der Waals surface area (Å²) in [4.78, 5) is 10.3. The maximum atomic E-state index is 12.3. The zero-order valence-electron chi connectivity index (χ0n) is 6.60. The van der Waals surface area contributed by atoms with Gasteiger partial charge in [0.15, 0.2) is 6.29 Å². The Labute approximate surface area is 85.5 Å². The standard InChI is InChI=1S/C8H4BrF3O2/c9-6-1-4(3-13)5(2-7(6)14)8(10,11)12/h1-3,14H. The maximum Gasteiger partial charge on any atom is 0.417 e. The Morgan fingerprint density at radius 1 is 1.36 bits per heavy atom. The fraction of sp³-hybridized carbons (Fsp3) is 0.125. The number of alkyl halides is 3. The lowest BCUT2D eigenvalue weighted by molar-refractivity contribution is -0.137. The third-order valence-electron chi connectivity index (χ3n) is 1.55. The molecule has 0 aliphatic carbocycles. The lowest BCUT2D eigenvalue weighted by atomic mass is 10.1. The van der Waals surface area contributed by atoms with Crippen molar-refractivity contribution in [2.45, 2.75) is 6.18 Å². The molecule has 14 heavy (non-hydrogen) atoms. The van der Waals surface area contributed by atoms with Gasteiger partial charge in [0.2, 0.25) is 0 Å². The molecule has 0 aromatic heterocycles. The molecule has 0 bridgehead atoms. The summed E-state index contributed by atoms with van der Waals surface area (Å²) < 4.78 is 36.8. The van der Waals surface area contributed by atoms with Crippen molar-refractivity contribution in [2.24, 2.45) is 0 Å². The first kappa shape index (κ1) is 11.0. The zero-order valence-corrected chi connectivity index (χ0v) is 8.19. The first-order chi connectivity index (χ1) is 6.36. The number of hydrogen-bond donors (Lipinski definition) is 1. The van der Waals surface area contributed by atoms with Gasteiger partial charge in [-0.3, -0.25) is 4.79 Å². The number of phenolic OH excluding ortho intramolecular Hbond substituents is 1. The highest BCUT2D eigenvalue weighted by Crippen LogP contribution is 2.36. The van der Waals surface area contributed by atoms with Crippen molar-refractivity contribution in [1.82, 2.24) is 0 Å². The average Bonchev–Trinajstić information content (AvgIpc) is 2.07. The van der Waals surface area contributed by atoms with E-state index < -0.39 is 23.1 Å². The van der Waals surface area contributed by atoms with Gasteiger partial charge >= 0.3 is 6.18 Å². The highest BCUT2D eigenvalue weighted by Gasteiger charge is 2.34. The number of hydrogen-bond acceptors (Lipinski definition) is 2. The Kier molecular flexibility index (Phi) is 2.84. The van der Waals surface area contributed by atoms with Crippen LogP contribution in [0.3, 0.4) is 0 Å². The summed E-state index contributed by atoms with van der Waals surface area (Å²) in [7, 11) is 0. The molecule has 1 aromatic rings. The molecule has 2 nitrogen and oxygen atoms in total. The molecule has 6 heteroatoms. The summed E-state index contributed by atoms with van der Waals surface area (Å²) in [5, 5.41) is 9.02. The number of carbonyl (C=O) groups excluding carboxylic acids is 1. The zero-order chi connectivity index (χ0) is 10.9. The highest BCUT2D eigenvalue weighted by atomic mass is 79.9. The van der Waals surface area contributed by atoms with Crippen LogP contribution in [0.15, 0.2) is 16.6 Å². The Hall–Kier alpha value is -1.04. The average molecular weight is 269 g/mol. The Balaban J connectivity index is 3.42. The van der Waals surface area contributed by atoms with Crippen molar-refractivity contribution >= 4 is 22.2 Å². The topological polar surface area (TPSA) is 37.3 Å². The lowest BCUT2D eigenvalue weighted by Gasteiger charge is -2.10. The van der Waals surface area contributed by atoms with Crippen LogP contribution in [-0.4, -0.2) is 11.4 Å². The first-order valence-corrected chi connectivity index (χ1v) is 4.20. The molecule has 0 radical (unpaired) electrons. The predicted molar refractivity (Wildman–Crippen MR) is 46.2 cm³/mol. The fourth-order valence-electron chi connectivity index (χ4n) is 0.920. The second kappa shape index (κ2) is 3.61. The van der Waals surface area contributed by atoms with Crippen LogP contribution in [0.1, 0.15) is 15.9 Å². The minimum Gasteiger partial charge on any atom is -0.507 e. The lowest BCUT2D eigenvalue weighted by Crippen LogP contribution is -2.08. The molecule has 0 heterocycles. The minimum atomic E-state index is -4.64. The molecule has 0 amide bonds. The van der Waals surface area contributed by atoms with Crippen molar-refractivity contribution in [3.8, 4) is 5.75 Å². The third kappa shape index (κ3) is 2.06. The van der Waals surface area contributed by atoms with Crippen molar-refractivity contribution in [1.29, 1.82) is 0 Å². The van der Waals surface area contributed by atoms with Crippen LogP contribution in [0.2, 0.25) is 0 Å². The molecule has 0 aliphatic heterocycles. The summed E-state index contributed by atoms with van der Waals surface area (Å²) in [6, 6.07) is 1.43. The SMILES string of the molecule is O=Cc1cc(Br)c(O)cc1C(F)(F)F. The first-order valence-electron chi connectivity index (χ1n) is 3.41. The predicted octanol–water partition coefficient (Wildman–Crippen LogP) is 2.99. The normalized spacial score (nSPS) is 11.4. The van der Waals surface area contributed by atoms with E-state index in [-0.39, 0.29) is 10.8 Å². The van der Waals surface area contributed by atoms with Crippen molar-refractivity contribution in [3.63, 3.8) is 0 Å². The quantitative estimate of drug-likeness (QED) is 0.796. The smallest absolute Gasteiger partial charge is 0.417 e. The van der Waals surface area contributed by atoms with E-state index in [4.69, 9.17) is 5.11 Å². The number of rotatable bonds is 1. The van der Waals surface area contributed by atoms with Crippen LogP contribution in [0, 0.1) is 0 Å². The van der Waals surface area contributed by atoms with Crippen LogP contribution in [-0.2, 0) is 6.18 Å². The van der Waals surface area contributed by atoms with E-state index in [0.29, 0.717) is 6.07 Å². The molecule has 0 saturated heterocycles. The second-order valence-corrected chi connectivity index (χ2v) is 3.36. The highest BCUT2D eigenvalue weighted by molar-refractivity contribution is 9.10. The fourth-order valence-corrected chi connectivity index (χ4v) is 1.28. The summed E-state index contributed by atoms with van der Waals surface area (Å²) in [5.74, 6) is -0.553. The van der Waals surface area contributed by atoms with E-state index in [1.807, 2.05) is 0 Å². The Morgan fingerprint density at radius 2 is 1.93 bits per heavy atom. The molecule has 1 N–H and O–H groups in total. The molecular weight excluding hydrogens is 265 g/mol. The molecule has 0 saturated carbocycles. The van der Waals surface area contributed by atoms with Crippen molar-refractivity contribution < 1.29 is 23.1 Å².